The molecule has 0 amide bonds. The predicted molar refractivity (Wildman–Crippen MR) is 96.7 cm³/mol. The molecule has 0 saturated carbocycles. The molecular formula is C20H13ClF2S. The van der Waals surface area contributed by atoms with Crippen LogP contribution in [0.1, 0.15) is 5.56 Å². The minimum atomic E-state index is -2.99. The third-order valence-corrected chi connectivity index (χ3v) is 5.60. The van der Waals surface area contributed by atoms with E-state index in [0.29, 0.717) is 15.8 Å². The first-order valence-electron chi connectivity index (χ1n) is 7.56. The molecule has 0 bridgehead atoms. The lowest BCUT2D eigenvalue weighted by molar-refractivity contribution is 0.122. The zero-order valence-corrected chi connectivity index (χ0v) is 14.2. The van der Waals surface area contributed by atoms with Crippen molar-refractivity contribution < 1.29 is 8.78 Å². The summed E-state index contributed by atoms with van der Waals surface area (Å²) in [5.74, 6) is -2.20. The molecule has 0 aliphatic heterocycles. The van der Waals surface area contributed by atoms with Crippen LogP contribution in [-0.2, 0) is 5.75 Å². The van der Waals surface area contributed by atoms with Crippen LogP contribution >= 0.6 is 23.4 Å². The summed E-state index contributed by atoms with van der Waals surface area (Å²) in [5.41, 5.74) is 1.76. The normalized spacial score (nSPS) is 17.1. The minimum absolute atomic E-state index is 0.0205. The molecule has 120 valence electrons. The molecule has 0 heterocycles. The summed E-state index contributed by atoms with van der Waals surface area (Å²) in [6.45, 7) is 0. The van der Waals surface area contributed by atoms with Crippen LogP contribution in [0, 0.1) is 0 Å². The smallest absolute Gasteiger partial charge is 0.196 e. The molecule has 0 radical (unpaired) electrons. The van der Waals surface area contributed by atoms with Crippen LogP contribution in [0.2, 0.25) is 5.02 Å². The summed E-state index contributed by atoms with van der Waals surface area (Å²) < 4.78 is 28.7. The Morgan fingerprint density at radius 2 is 1.83 bits per heavy atom. The fraction of sp³-hybridized carbons (Fsp3) is 0.100. The molecule has 4 rings (SSSR count). The van der Waals surface area contributed by atoms with Crippen molar-refractivity contribution in [2.45, 2.75) is 16.6 Å². The van der Waals surface area contributed by atoms with Crippen molar-refractivity contribution in [3.63, 3.8) is 0 Å². The lowest BCUT2D eigenvalue weighted by Crippen LogP contribution is -2.31. The third-order valence-electron chi connectivity index (χ3n) is 4.14. The average molecular weight is 359 g/mol. The summed E-state index contributed by atoms with van der Waals surface area (Å²) in [5, 5.41) is 1.64. The topological polar surface area (TPSA) is 0 Å². The van der Waals surface area contributed by atoms with Crippen molar-refractivity contribution in [2.75, 3.05) is 0 Å². The first kappa shape index (κ1) is 15.7. The second kappa shape index (κ2) is 5.91. The molecule has 2 aromatic rings. The van der Waals surface area contributed by atoms with Gasteiger partial charge in [0.1, 0.15) is 0 Å². The molecule has 2 aliphatic carbocycles. The highest BCUT2D eigenvalue weighted by atomic mass is 35.5. The Hall–Kier alpha value is -1.84. The van der Waals surface area contributed by atoms with Crippen LogP contribution in [0.25, 0.3) is 11.6 Å². The lowest BCUT2D eigenvalue weighted by atomic mass is 9.96. The number of rotatable bonds is 3. The maximum absolute atomic E-state index is 14.4. The van der Waals surface area contributed by atoms with Gasteiger partial charge in [-0.1, -0.05) is 54.1 Å². The van der Waals surface area contributed by atoms with Crippen LogP contribution in [0.15, 0.2) is 71.2 Å². The van der Waals surface area contributed by atoms with E-state index in [-0.39, 0.29) is 5.57 Å². The van der Waals surface area contributed by atoms with Crippen molar-refractivity contribution in [1.29, 1.82) is 0 Å². The molecule has 0 unspecified atom stereocenters. The standard InChI is InChI=1S/C20H13ClF2S/c21-16-8-9-17(24-12-13-5-2-1-3-6-13)15-11-14-7-4-10-20(22,23)19(14)18(15)16/h1-11H,12H2. The molecular weight excluding hydrogens is 346 g/mol. The molecule has 0 fully saturated rings. The number of hydrogen-bond acceptors (Lipinski definition) is 1. The van der Waals surface area contributed by atoms with Crippen molar-refractivity contribution in [3.05, 3.63) is 87.3 Å². The maximum Gasteiger partial charge on any atom is 0.293 e. The zero-order valence-electron chi connectivity index (χ0n) is 12.6. The Balaban J connectivity index is 1.82. The Morgan fingerprint density at radius 3 is 2.62 bits per heavy atom. The third kappa shape index (κ3) is 2.62. The number of fused-ring (bicyclic) bond motifs is 2. The molecule has 0 saturated heterocycles. The van der Waals surface area contributed by atoms with Crippen molar-refractivity contribution in [1.82, 2.24) is 0 Å². The summed E-state index contributed by atoms with van der Waals surface area (Å²) in [6.07, 6.45) is 5.87. The summed E-state index contributed by atoms with van der Waals surface area (Å²) >= 11 is 7.91. The van der Waals surface area contributed by atoms with Crippen molar-refractivity contribution >= 4 is 35.0 Å². The van der Waals surface area contributed by atoms with Crippen LogP contribution in [0.3, 0.4) is 0 Å². The SMILES string of the molecule is FC1(F)C=CC=C2C=c3c(SCc4ccccc4)ccc(Cl)c3=C21. The van der Waals surface area contributed by atoms with Gasteiger partial charge in [-0.15, -0.1) is 11.8 Å². The zero-order chi connectivity index (χ0) is 16.7. The average Bonchev–Trinajstić information content (AvgIpc) is 2.97. The van der Waals surface area contributed by atoms with Gasteiger partial charge in [-0.25, -0.2) is 0 Å². The van der Waals surface area contributed by atoms with Crippen LogP contribution < -0.4 is 10.4 Å². The Morgan fingerprint density at radius 1 is 1.04 bits per heavy atom. The predicted octanol–water partition coefficient (Wildman–Crippen LogP) is 4.71. The van der Waals surface area contributed by atoms with Gasteiger partial charge in [-0.2, -0.15) is 8.78 Å². The Kier molecular flexibility index (Phi) is 3.86. The number of halogens is 3. The summed E-state index contributed by atoms with van der Waals surface area (Å²) in [7, 11) is 0. The van der Waals surface area contributed by atoms with E-state index in [4.69, 9.17) is 11.6 Å². The molecule has 2 aromatic carbocycles. The summed E-state index contributed by atoms with van der Waals surface area (Å²) in [4.78, 5) is 0.969. The second-order valence-electron chi connectivity index (χ2n) is 5.73. The van der Waals surface area contributed by atoms with Gasteiger partial charge in [0, 0.05) is 26.5 Å². The lowest BCUT2D eigenvalue weighted by Gasteiger charge is -2.18. The highest BCUT2D eigenvalue weighted by molar-refractivity contribution is 7.98. The van der Waals surface area contributed by atoms with E-state index in [2.05, 4.69) is 12.1 Å². The van der Waals surface area contributed by atoms with Gasteiger partial charge in [0.15, 0.2) is 0 Å². The number of allylic oxidation sites excluding steroid dienone is 4. The van der Waals surface area contributed by atoms with Gasteiger partial charge >= 0.3 is 0 Å². The molecule has 4 heteroatoms. The number of benzene rings is 2. The van der Waals surface area contributed by atoms with Crippen LogP contribution in [-0.4, -0.2) is 5.92 Å². The van der Waals surface area contributed by atoms with Gasteiger partial charge in [-0.3, -0.25) is 0 Å². The molecule has 0 aromatic heterocycles. The quantitative estimate of drug-likeness (QED) is 0.716. The molecule has 0 nitrogen and oxygen atoms in total. The van der Waals surface area contributed by atoms with E-state index in [1.165, 1.54) is 11.6 Å². The van der Waals surface area contributed by atoms with E-state index in [9.17, 15) is 8.78 Å². The number of hydrogen-bond donors (Lipinski definition) is 0. The first-order chi connectivity index (χ1) is 11.6. The fourth-order valence-electron chi connectivity index (χ4n) is 3.05. The molecule has 0 spiro atoms. The monoisotopic (exact) mass is 358 g/mol. The van der Waals surface area contributed by atoms with Gasteiger partial charge in [-0.05, 0) is 40.6 Å². The Labute approximate surface area is 147 Å². The first-order valence-corrected chi connectivity index (χ1v) is 8.92. The van der Waals surface area contributed by atoms with Crippen molar-refractivity contribution in [2.24, 2.45) is 0 Å². The van der Waals surface area contributed by atoms with Gasteiger partial charge in [0.05, 0.1) is 0 Å². The molecule has 0 N–H and O–H groups in total. The van der Waals surface area contributed by atoms with E-state index in [0.717, 1.165) is 21.9 Å². The van der Waals surface area contributed by atoms with Gasteiger partial charge in [0.2, 0.25) is 0 Å². The van der Waals surface area contributed by atoms with Gasteiger partial charge in [0.25, 0.3) is 5.92 Å². The van der Waals surface area contributed by atoms with E-state index < -0.39 is 5.92 Å². The second-order valence-corrected chi connectivity index (χ2v) is 7.16. The molecule has 2 aliphatic rings. The summed E-state index contributed by atoms with van der Waals surface area (Å²) in [6, 6.07) is 13.7. The number of thioether (sulfide) groups is 1. The molecule has 24 heavy (non-hydrogen) atoms. The Bertz CT molecular complexity index is 988. The fourth-order valence-corrected chi connectivity index (χ4v) is 4.31. The minimum Gasteiger partial charge on any atom is -0.196 e. The van der Waals surface area contributed by atoms with Crippen LogP contribution in [0.4, 0.5) is 8.78 Å². The van der Waals surface area contributed by atoms with E-state index in [1.807, 2.05) is 30.3 Å². The van der Waals surface area contributed by atoms with E-state index >= 15 is 0 Å². The highest BCUT2D eigenvalue weighted by Gasteiger charge is 2.37. The van der Waals surface area contributed by atoms with Crippen molar-refractivity contribution in [3.8, 4) is 0 Å². The molecule has 0 atom stereocenters. The number of alkyl halides is 2. The largest absolute Gasteiger partial charge is 0.293 e. The van der Waals surface area contributed by atoms with E-state index in [1.54, 1.807) is 23.9 Å². The van der Waals surface area contributed by atoms with Crippen LogP contribution in [0.5, 0.6) is 0 Å². The highest BCUT2D eigenvalue weighted by Crippen LogP contribution is 2.37. The van der Waals surface area contributed by atoms with Gasteiger partial charge < -0.3 is 0 Å². The maximum atomic E-state index is 14.4.